The number of halogens is 1. The molecule has 0 unspecified atom stereocenters. The van der Waals surface area contributed by atoms with E-state index >= 15 is 0 Å². The van der Waals surface area contributed by atoms with E-state index in [2.05, 4.69) is 33.2 Å². The fourth-order valence-electron chi connectivity index (χ4n) is 1.39. The van der Waals surface area contributed by atoms with Crippen LogP contribution in [-0.2, 0) is 4.79 Å². The van der Waals surface area contributed by atoms with E-state index in [1.165, 1.54) is 0 Å². The van der Waals surface area contributed by atoms with Crippen LogP contribution in [0.4, 0.5) is 5.69 Å². The summed E-state index contributed by atoms with van der Waals surface area (Å²) in [5, 5.41) is 5.94. The monoisotopic (exact) mass is 347 g/mol. The maximum Gasteiger partial charge on any atom is 0.238 e. The van der Waals surface area contributed by atoms with Crippen LogP contribution in [-0.4, -0.2) is 44.5 Å². The first-order valence-electron chi connectivity index (χ1n) is 5.50. The Labute approximate surface area is 116 Å². The molecule has 1 aromatic rings. The molecule has 0 atom stereocenters. The summed E-state index contributed by atoms with van der Waals surface area (Å²) in [7, 11) is 3.84. The molecule has 0 heterocycles. The molecule has 0 aromatic heterocycles. The highest BCUT2D eigenvalue weighted by Gasteiger charge is 2.06. The van der Waals surface area contributed by atoms with Gasteiger partial charge in [-0.15, -0.1) is 0 Å². The van der Waals surface area contributed by atoms with Gasteiger partial charge in [0.05, 0.1) is 6.54 Å². The summed E-state index contributed by atoms with van der Waals surface area (Å²) in [5.74, 6) is 0.0191. The van der Waals surface area contributed by atoms with Crippen molar-refractivity contribution in [2.45, 2.75) is 0 Å². The number of hydrogen-bond acceptors (Lipinski definition) is 3. The first-order chi connectivity index (χ1) is 8.11. The maximum absolute atomic E-state index is 11.7. The Bertz CT molecular complexity index is 371. The highest BCUT2D eigenvalue weighted by Crippen LogP contribution is 2.12. The number of nitrogens with zero attached hydrogens (tertiary/aromatic N) is 1. The molecule has 1 aromatic carbocycles. The molecule has 0 aliphatic carbocycles. The minimum Gasteiger partial charge on any atom is -0.325 e. The third-order valence-corrected chi connectivity index (χ3v) is 2.94. The van der Waals surface area contributed by atoms with Gasteiger partial charge in [-0.05, 0) is 54.9 Å². The van der Waals surface area contributed by atoms with Gasteiger partial charge in [0, 0.05) is 22.3 Å². The standard InChI is InChI=1S/C12H18IN3O/c1-14-6-7-16(2)9-12(17)15-11-5-3-4-10(13)8-11/h3-5,8,14H,6-7,9H2,1-2H3,(H,15,17). The number of carbonyl (C=O) groups excluding carboxylic acids is 1. The normalized spacial score (nSPS) is 10.6. The van der Waals surface area contributed by atoms with Gasteiger partial charge in [0.25, 0.3) is 0 Å². The number of hydrogen-bond donors (Lipinski definition) is 2. The van der Waals surface area contributed by atoms with Gasteiger partial charge < -0.3 is 10.6 Å². The van der Waals surface area contributed by atoms with Crippen molar-refractivity contribution in [3.05, 3.63) is 27.8 Å². The minimum atomic E-state index is 0.0191. The van der Waals surface area contributed by atoms with Gasteiger partial charge in [-0.3, -0.25) is 9.69 Å². The van der Waals surface area contributed by atoms with Crippen molar-refractivity contribution in [3.63, 3.8) is 0 Å². The van der Waals surface area contributed by atoms with E-state index in [9.17, 15) is 4.79 Å². The summed E-state index contributed by atoms with van der Waals surface area (Å²) >= 11 is 2.23. The lowest BCUT2D eigenvalue weighted by molar-refractivity contribution is -0.117. The van der Waals surface area contributed by atoms with Crippen LogP contribution in [0.5, 0.6) is 0 Å². The average molecular weight is 347 g/mol. The second kappa shape index (κ2) is 7.62. The fourth-order valence-corrected chi connectivity index (χ4v) is 1.94. The predicted molar refractivity (Wildman–Crippen MR) is 79.2 cm³/mol. The van der Waals surface area contributed by atoms with Gasteiger partial charge in [-0.25, -0.2) is 0 Å². The Kier molecular flexibility index (Phi) is 6.46. The molecule has 0 radical (unpaired) electrons. The zero-order valence-electron chi connectivity index (χ0n) is 10.2. The van der Waals surface area contributed by atoms with Gasteiger partial charge in [0.1, 0.15) is 0 Å². The second-order valence-corrected chi connectivity index (χ2v) is 5.15. The van der Waals surface area contributed by atoms with E-state index in [0.717, 1.165) is 22.3 Å². The number of nitrogens with one attached hydrogen (secondary N) is 2. The SMILES string of the molecule is CNCCN(C)CC(=O)Nc1cccc(I)c1. The third kappa shape index (κ3) is 5.99. The van der Waals surface area contributed by atoms with Gasteiger partial charge in [0.2, 0.25) is 5.91 Å². The van der Waals surface area contributed by atoms with Crippen LogP contribution >= 0.6 is 22.6 Å². The van der Waals surface area contributed by atoms with E-state index in [-0.39, 0.29) is 5.91 Å². The molecule has 0 saturated carbocycles. The van der Waals surface area contributed by atoms with Gasteiger partial charge in [-0.1, -0.05) is 6.07 Å². The van der Waals surface area contributed by atoms with Crippen molar-refractivity contribution in [2.75, 3.05) is 39.0 Å². The predicted octanol–water partition coefficient (Wildman–Crippen LogP) is 1.38. The Morgan fingerprint density at radius 1 is 1.47 bits per heavy atom. The lowest BCUT2D eigenvalue weighted by Gasteiger charge is -2.15. The number of likely N-dealkylation sites (N-methyl/N-ethyl adjacent to an activating group) is 2. The highest BCUT2D eigenvalue weighted by atomic mass is 127. The molecule has 0 aliphatic heterocycles. The lowest BCUT2D eigenvalue weighted by Crippen LogP contribution is -2.34. The number of rotatable bonds is 6. The first-order valence-corrected chi connectivity index (χ1v) is 6.58. The van der Waals surface area contributed by atoms with Crippen LogP contribution < -0.4 is 10.6 Å². The molecule has 4 nitrogen and oxygen atoms in total. The summed E-state index contributed by atoms with van der Waals surface area (Å²) < 4.78 is 1.11. The van der Waals surface area contributed by atoms with Crippen molar-refractivity contribution in [1.82, 2.24) is 10.2 Å². The van der Waals surface area contributed by atoms with Crippen molar-refractivity contribution < 1.29 is 4.79 Å². The number of carbonyl (C=O) groups is 1. The number of anilines is 1. The largest absolute Gasteiger partial charge is 0.325 e. The van der Waals surface area contributed by atoms with Gasteiger partial charge in [-0.2, -0.15) is 0 Å². The van der Waals surface area contributed by atoms with Crippen molar-refractivity contribution in [3.8, 4) is 0 Å². The van der Waals surface area contributed by atoms with Crippen LogP contribution in [0.2, 0.25) is 0 Å². The molecule has 5 heteroatoms. The molecule has 0 fully saturated rings. The number of benzene rings is 1. The Morgan fingerprint density at radius 3 is 2.88 bits per heavy atom. The molecular formula is C12H18IN3O. The average Bonchev–Trinajstić information content (AvgIpc) is 2.26. The quantitative estimate of drug-likeness (QED) is 0.765. The molecule has 0 saturated heterocycles. The van der Waals surface area contributed by atoms with E-state index < -0.39 is 0 Å². The summed E-state index contributed by atoms with van der Waals surface area (Å²) in [6.07, 6.45) is 0. The zero-order valence-corrected chi connectivity index (χ0v) is 12.3. The Balaban J connectivity index is 2.39. The van der Waals surface area contributed by atoms with E-state index in [0.29, 0.717) is 6.54 Å². The van der Waals surface area contributed by atoms with Gasteiger partial charge >= 0.3 is 0 Å². The van der Waals surface area contributed by atoms with Crippen LogP contribution in [0.25, 0.3) is 0 Å². The minimum absolute atomic E-state index is 0.0191. The van der Waals surface area contributed by atoms with Crippen molar-refractivity contribution in [1.29, 1.82) is 0 Å². The number of amides is 1. The van der Waals surface area contributed by atoms with Crippen LogP contribution in [0.3, 0.4) is 0 Å². The Hall–Kier alpha value is -0.660. The molecule has 0 bridgehead atoms. The van der Waals surface area contributed by atoms with Crippen LogP contribution in [0.15, 0.2) is 24.3 Å². The fraction of sp³-hybridized carbons (Fsp3) is 0.417. The molecule has 0 aliphatic rings. The summed E-state index contributed by atoms with van der Waals surface area (Å²) in [6, 6.07) is 7.77. The molecule has 0 spiro atoms. The lowest BCUT2D eigenvalue weighted by atomic mass is 10.3. The summed E-state index contributed by atoms with van der Waals surface area (Å²) in [6.45, 7) is 2.15. The zero-order chi connectivity index (χ0) is 12.7. The molecule has 94 valence electrons. The smallest absolute Gasteiger partial charge is 0.238 e. The maximum atomic E-state index is 11.7. The highest BCUT2D eigenvalue weighted by molar-refractivity contribution is 14.1. The topological polar surface area (TPSA) is 44.4 Å². The second-order valence-electron chi connectivity index (χ2n) is 3.90. The Morgan fingerprint density at radius 2 is 2.24 bits per heavy atom. The first kappa shape index (κ1) is 14.4. The molecular weight excluding hydrogens is 329 g/mol. The van der Waals surface area contributed by atoms with Crippen molar-refractivity contribution in [2.24, 2.45) is 0 Å². The molecule has 1 amide bonds. The van der Waals surface area contributed by atoms with E-state index in [1.807, 2.05) is 43.3 Å². The summed E-state index contributed by atoms with van der Waals surface area (Å²) in [4.78, 5) is 13.7. The third-order valence-electron chi connectivity index (χ3n) is 2.27. The molecule has 1 rings (SSSR count). The van der Waals surface area contributed by atoms with E-state index in [4.69, 9.17) is 0 Å². The molecule has 17 heavy (non-hydrogen) atoms. The van der Waals surface area contributed by atoms with Crippen LogP contribution in [0, 0.1) is 3.57 Å². The van der Waals surface area contributed by atoms with Crippen molar-refractivity contribution >= 4 is 34.2 Å². The van der Waals surface area contributed by atoms with Crippen LogP contribution in [0.1, 0.15) is 0 Å². The van der Waals surface area contributed by atoms with Gasteiger partial charge in [0.15, 0.2) is 0 Å². The molecule has 2 N–H and O–H groups in total. The summed E-state index contributed by atoms with van der Waals surface area (Å²) in [5.41, 5.74) is 0.851. The van der Waals surface area contributed by atoms with E-state index in [1.54, 1.807) is 0 Å².